The number of halogens is 1. The third-order valence-electron chi connectivity index (χ3n) is 4.95. The zero-order valence-electron chi connectivity index (χ0n) is 13.8. The van der Waals surface area contributed by atoms with Gasteiger partial charge in [-0.25, -0.2) is 4.39 Å². The minimum Gasteiger partial charge on any atom is -0.313 e. The molecule has 2 heteroatoms. The summed E-state index contributed by atoms with van der Waals surface area (Å²) in [5.74, 6) is 1.49. The molecule has 0 spiro atoms. The Bertz CT molecular complexity index is 443. The first-order valence-electron chi connectivity index (χ1n) is 8.58. The molecule has 0 radical (unpaired) electrons. The molecule has 0 amide bonds. The van der Waals surface area contributed by atoms with Crippen LogP contribution in [0.2, 0.25) is 0 Å². The van der Waals surface area contributed by atoms with Crippen LogP contribution in [0.1, 0.15) is 57.1 Å². The summed E-state index contributed by atoms with van der Waals surface area (Å²) in [6.45, 7) is 7.71. The summed E-state index contributed by atoms with van der Waals surface area (Å²) in [5.41, 5.74) is 2.38. The van der Waals surface area contributed by atoms with Gasteiger partial charge in [0.1, 0.15) is 5.82 Å². The Balaban J connectivity index is 2.07. The predicted molar refractivity (Wildman–Crippen MR) is 88.0 cm³/mol. The highest BCUT2D eigenvalue weighted by Crippen LogP contribution is 2.32. The van der Waals surface area contributed by atoms with Gasteiger partial charge in [-0.3, -0.25) is 0 Å². The van der Waals surface area contributed by atoms with Crippen LogP contribution in [0.25, 0.3) is 0 Å². The van der Waals surface area contributed by atoms with Crippen LogP contribution in [0, 0.1) is 24.6 Å². The predicted octanol–water partition coefficient (Wildman–Crippen LogP) is 4.87. The Morgan fingerprint density at radius 3 is 2.81 bits per heavy atom. The molecule has 2 rings (SSSR count). The van der Waals surface area contributed by atoms with Gasteiger partial charge in [0.25, 0.3) is 0 Å². The number of benzene rings is 1. The van der Waals surface area contributed by atoms with Crippen molar-refractivity contribution >= 4 is 0 Å². The van der Waals surface area contributed by atoms with Gasteiger partial charge < -0.3 is 5.32 Å². The number of rotatable bonds is 6. The lowest BCUT2D eigenvalue weighted by Crippen LogP contribution is -2.40. The molecule has 0 heterocycles. The van der Waals surface area contributed by atoms with Crippen molar-refractivity contribution in [3.05, 3.63) is 35.1 Å². The largest absolute Gasteiger partial charge is 0.313 e. The summed E-state index contributed by atoms with van der Waals surface area (Å²) < 4.78 is 13.3. The van der Waals surface area contributed by atoms with Gasteiger partial charge in [0.05, 0.1) is 0 Å². The van der Waals surface area contributed by atoms with Crippen molar-refractivity contribution in [3.8, 4) is 0 Å². The molecule has 1 aromatic carbocycles. The normalized spacial score (nSPS) is 24.0. The minimum atomic E-state index is -0.124. The van der Waals surface area contributed by atoms with Crippen LogP contribution in [-0.4, -0.2) is 12.6 Å². The summed E-state index contributed by atoms with van der Waals surface area (Å²) in [6, 6.07) is 5.77. The van der Waals surface area contributed by atoms with E-state index in [0.29, 0.717) is 6.04 Å². The van der Waals surface area contributed by atoms with Crippen LogP contribution in [0.3, 0.4) is 0 Å². The zero-order valence-corrected chi connectivity index (χ0v) is 13.8. The van der Waals surface area contributed by atoms with Crippen LogP contribution in [0.5, 0.6) is 0 Å². The van der Waals surface area contributed by atoms with Gasteiger partial charge >= 0.3 is 0 Å². The molecule has 21 heavy (non-hydrogen) atoms. The van der Waals surface area contributed by atoms with Crippen molar-refractivity contribution < 1.29 is 4.39 Å². The molecule has 3 unspecified atom stereocenters. The molecule has 1 nitrogen and oxygen atoms in total. The van der Waals surface area contributed by atoms with Crippen molar-refractivity contribution in [2.24, 2.45) is 11.8 Å². The molecule has 1 N–H and O–H groups in total. The number of hydrogen-bond donors (Lipinski definition) is 1. The summed E-state index contributed by atoms with van der Waals surface area (Å²) >= 11 is 0. The maximum absolute atomic E-state index is 13.3. The van der Waals surface area contributed by atoms with Crippen molar-refractivity contribution in [2.75, 3.05) is 6.54 Å². The van der Waals surface area contributed by atoms with Crippen LogP contribution < -0.4 is 5.32 Å². The van der Waals surface area contributed by atoms with E-state index in [1.165, 1.54) is 37.7 Å². The second kappa shape index (κ2) is 7.93. The number of aryl methyl sites for hydroxylation is 1. The first kappa shape index (κ1) is 16.5. The van der Waals surface area contributed by atoms with E-state index in [1.807, 2.05) is 13.0 Å². The smallest absolute Gasteiger partial charge is 0.123 e. The Kier molecular flexibility index (Phi) is 6.22. The monoisotopic (exact) mass is 291 g/mol. The third kappa shape index (κ3) is 4.81. The van der Waals surface area contributed by atoms with Crippen LogP contribution in [0.4, 0.5) is 4.39 Å². The number of hydrogen-bond acceptors (Lipinski definition) is 1. The van der Waals surface area contributed by atoms with Gasteiger partial charge in [0.2, 0.25) is 0 Å². The molecule has 0 aliphatic heterocycles. The summed E-state index contributed by atoms with van der Waals surface area (Å²) in [7, 11) is 0. The lowest BCUT2D eigenvalue weighted by molar-refractivity contribution is 0.221. The molecular formula is C19H30FN. The first-order valence-corrected chi connectivity index (χ1v) is 8.58. The Morgan fingerprint density at radius 1 is 1.33 bits per heavy atom. The Hall–Kier alpha value is -0.890. The Morgan fingerprint density at radius 2 is 2.14 bits per heavy atom. The van der Waals surface area contributed by atoms with Crippen LogP contribution >= 0.6 is 0 Å². The van der Waals surface area contributed by atoms with E-state index in [9.17, 15) is 4.39 Å². The van der Waals surface area contributed by atoms with E-state index in [0.717, 1.165) is 30.4 Å². The van der Waals surface area contributed by atoms with Crippen LogP contribution in [-0.2, 0) is 6.42 Å². The average molecular weight is 291 g/mol. The van der Waals surface area contributed by atoms with Gasteiger partial charge in [-0.1, -0.05) is 32.8 Å². The SMILES string of the molecule is CCCNC(Cc1ccc(F)cc1C)C1CCCC(C)C1. The fourth-order valence-electron chi connectivity index (χ4n) is 3.71. The standard InChI is InChI=1S/C19H30FN/c1-4-10-21-19(17-7-5-6-14(2)11-17)13-16-8-9-18(20)12-15(16)3/h8-9,12,14,17,19,21H,4-7,10-11,13H2,1-3H3. The molecule has 0 bridgehead atoms. The first-order chi connectivity index (χ1) is 10.1. The lowest BCUT2D eigenvalue weighted by atomic mass is 9.76. The molecule has 118 valence electrons. The molecular weight excluding hydrogens is 261 g/mol. The van der Waals surface area contributed by atoms with Gasteiger partial charge in [-0.15, -0.1) is 0 Å². The van der Waals surface area contributed by atoms with Crippen molar-refractivity contribution in [2.45, 2.75) is 65.3 Å². The second-order valence-corrected chi connectivity index (χ2v) is 6.87. The van der Waals surface area contributed by atoms with Gasteiger partial charge in [-0.05, 0) is 74.2 Å². The quantitative estimate of drug-likeness (QED) is 0.788. The van der Waals surface area contributed by atoms with E-state index in [2.05, 4.69) is 19.2 Å². The van der Waals surface area contributed by atoms with E-state index < -0.39 is 0 Å². The summed E-state index contributed by atoms with van der Waals surface area (Å²) in [5, 5.41) is 3.76. The molecule has 0 saturated heterocycles. The summed E-state index contributed by atoms with van der Waals surface area (Å²) in [6.07, 6.45) is 7.61. The van der Waals surface area contributed by atoms with Crippen molar-refractivity contribution in [1.29, 1.82) is 0 Å². The molecule has 1 aliphatic carbocycles. The molecule has 3 atom stereocenters. The van der Waals surface area contributed by atoms with Gasteiger partial charge in [0, 0.05) is 6.04 Å². The topological polar surface area (TPSA) is 12.0 Å². The van der Waals surface area contributed by atoms with Crippen molar-refractivity contribution in [1.82, 2.24) is 5.32 Å². The van der Waals surface area contributed by atoms with Gasteiger partial charge in [0.15, 0.2) is 0 Å². The van der Waals surface area contributed by atoms with Crippen molar-refractivity contribution in [3.63, 3.8) is 0 Å². The zero-order chi connectivity index (χ0) is 15.2. The fraction of sp³-hybridized carbons (Fsp3) is 0.684. The fourth-order valence-corrected chi connectivity index (χ4v) is 3.71. The van der Waals surface area contributed by atoms with Crippen LogP contribution in [0.15, 0.2) is 18.2 Å². The number of nitrogens with one attached hydrogen (secondary N) is 1. The molecule has 1 aliphatic rings. The third-order valence-corrected chi connectivity index (χ3v) is 4.95. The maximum atomic E-state index is 13.3. The highest BCUT2D eigenvalue weighted by Gasteiger charge is 2.26. The van der Waals surface area contributed by atoms with E-state index in [-0.39, 0.29) is 5.82 Å². The highest BCUT2D eigenvalue weighted by molar-refractivity contribution is 5.27. The van der Waals surface area contributed by atoms with E-state index >= 15 is 0 Å². The second-order valence-electron chi connectivity index (χ2n) is 6.87. The summed E-state index contributed by atoms with van der Waals surface area (Å²) in [4.78, 5) is 0. The molecule has 0 aromatic heterocycles. The van der Waals surface area contributed by atoms with E-state index in [4.69, 9.17) is 0 Å². The van der Waals surface area contributed by atoms with E-state index in [1.54, 1.807) is 12.1 Å². The highest BCUT2D eigenvalue weighted by atomic mass is 19.1. The molecule has 1 fully saturated rings. The molecule has 1 aromatic rings. The maximum Gasteiger partial charge on any atom is 0.123 e. The average Bonchev–Trinajstić information content (AvgIpc) is 2.45. The molecule has 1 saturated carbocycles. The minimum absolute atomic E-state index is 0.124. The Labute approximate surface area is 129 Å². The lowest BCUT2D eigenvalue weighted by Gasteiger charge is -2.34. The van der Waals surface area contributed by atoms with Gasteiger partial charge in [-0.2, -0.15) is 0 Å².